The number of carbonyl (C=O) groups excluding carboxylic acids is 2. The number of carbonyl (C=O) groups is 2. The van der Waals surface area contributed by atoms with Gasteiger partial charge in [-0.15, -0.1) is 0 Å². The Bertz CT molecular complexity index is 685. The number of ether oxygens (including phenoxy) is 1. The van der Waals surface area contributed by atoms with Crippen molar-refractivity contribution in [1.82, 2.24) is 0 Å². The van der Waals surface area contributed by atoms with Gasteiger partial charge >= 0.3 is 5.97 Å². The van der Waals surface area contributed by atoms with Gasteiger partial charge in [0.25, 0.3) is 0 Å². The summed E-state index contributed by atoms with van der Waals surface area (Å²) >= 11 is 6.06. The Morgan fingerprint density at radius 2 is 1.77 bits per heavy atom. The van der Waals surface area contributed by atoms with Crippen LogP contribution in [0.5, 0.6) is 0 Å². The number of aryl methyl sites for hydroxylation is 1. The molecule has 0 aliphatic heterocycles. The first-order chi connectivity index (χ1) is 10.6. The molecule has 1 amide bonds. The first kappa shape index (κ1) is 16.0. The van der Waals surface area contributed by atoms with E-state index in [1.807, 2.05) is 18.2 Å². The minimum absolute atomic E-state index is 0.184. The SMILES string of the molecule is COC(=O)c1ccccc1NC(=O)CCc1ccccc1Cl. The van der Waals surface area contributed by atoms with Crippen LogP contribution in [0.1, 0.15) is 22.3 Å². The van der Waals surface area contributed by atoms with E-state index >= 15 is 0 Å². The molecule has 0 fully saturated rings. The van der Waals surface area contributed by atoms with Crippen LogP contribution in [0.3, 0.4) is 0 Å². The van der Waals surface area contributed by atoms with Crippen LogP contribution in [0.4, 0.5) is 5.69 Å². The third kappa shape index (κ3) is 4.09. The Kier molecular flexibility index (Phi) is 5.55. The van der Waals surface area contributed by atoms with E-state index in [1.54, 1.807) is 30.3 Å². The van der Waals surface area contributed by atoms with Gasteiger partial charge < -0.3 is 10.1 Å². The number of halogens is 1. The molecule has 22 heavy (non-hydrogen) atoms. The summed E-state index contributed by atoms with van der Waals surface area (Å²) in [6.07, 6.45) is 0.811. The van der Waals surface area contributed by atoms with Crippen molar-refractivity contribution in [1.29, 1.82) is 0 Å². The number of benzene rings is 2. The highest BCUT2D eigenvalue weighted by molar-refractivity contribution is 6.31. The molecule has 0 aromatic heterocycles. The molecule has 2 aromatic carbocycles. The number of amides is 1. The van der Waals surface area contributed by atoms with Gasteiger partial charge in [-0.05, 0) is 30.2 Å². The molecule has 0 spiro atoms. The van der Waals surface area contributed by atoms with Gasteiger partial charge in [0.2, 0.25) is 5.91 Å². The lowest BCUT2D eigenvalue weighted by molar-refractivity contribution is -0.116. The molecule has 2 rings (SSSR count). The van der Waals surface area contributed by atoms with E-state index in [0.717, 1.165) is 5.56 Å². The first-order valence-corrected chi connectivity index (χ1v) is 7.20. The number of rotatable bonds is 5. The average molecular weight is 318 g/mol. The summed E-state index contributed by atoms with van der Waals surface area (Å²) in [5.41, 5.74) is 1.69. The van der Waals surface area contributed by atoms with Gasteiger partial charge in [0.1, 0.15) is 0 Å². The van der Waals surface area contributed by atoms with Gasteiger partial charge in [-0.1, -0.05) is 41.9 Å². The number of methoxy groups -OCH3 is 1. The van der Waals surface area contributed by atoms with E-state index < -0.39 is 5.97 Å². The van der Waals surface area contributed by atoms with Crippen LogP contribution in [0.2, 0.25) is 5.02 Å². The van der Waals surface area contributed by atoms with Crippen LogP contribution in [0.15, 0.2) is 48.5 Å². The number of esters is 1. The smallest absolute Gasteiger partial charge is 0.339 e. The van der Waals surface area contributed by atoms with Crippen molar-refractivity contribution < 1.29 is 14.3 Å². The fourth-order valence-electron chi connectivity index (χ4n) is 2.04. The molecule has 114 valence electrons. The van der Waals surface area contributed by atoms with Crippen LogP contribution >= 0.6 is 11.6 Å². The average Bonchev–Trinajstić information content (AvgIpc) is 2.54. The molecule has 2 aromatic rings. The van der Waals surface area contributed by atoms with E-state index in [-0.39, 0.29) is 12.3 Å². The fourth-order valence-corrected chi connectivity index (χ4v) is 2.27. The van der Waals surface area contributed by atoms with Gasteiger partial charge in [-0.3, -0.25) is 4.79 Å². The zero-order chi connectivity index (χ0) is 15.9. The molecule has 5 heteroatoms. The molecule has 0 heterocycles. The third-order valence-electron chi connectivity index (χ3n) is 3.19. The molecule has 0 unspecified atom stereocenters. The number of anilines is 1. The van der Waals surface area contributed by atoms with Crippen molar-refractivity contribution in [2.24, 2.45) is 0 Å². The number of para-hydroxylation sites is 1. The lowest BCUT2D eigenvalue weighted by atomic mass is 10.1. The Labute approximate surface area is 134 Å². The number of nitrogens with one attached hydrogen (secondary N) is 1. The minimum atomic E-state index is -0.484. The molecule has 0 aliphatic rings. The summed E-state index contributed by atoms with van der Waals surface area (Å²) in [7, 11) is 1.30. The van der Waals surface area contributed by atoms with Gasteiger partial charge in [-0.25, -0.2) is 4.79 Å². The van der Waals surface area contributed by atoms with Crippen LogP contribution in [0, 0.1) is 0 Å². The monoisotopic (exact) mass is 317 g/mol. The first-order valence-electron chi connectivity index (χ1n) is 6.82. The second-order valence-electron chi connectivity index (χ2n) is 4.68. The highest BCUT2D eigenvalue weighted by atomic mass is 35.5. The van der Waals surface area contributed by atoms with E-state index in [0.29, 0.717) is 22.7 Å². The Hall–Kier alpha value is -2.33. The maximum absolute atomic E-state index is 12.1. The summed E-state index contributed by atoms with van der Waals surface area (Å²) in [6, 6.07) is 14.1. The van der Waals surface area contributed by atoms with Crippen molar-refractivity contribution in [2.75, 3.05) is 12.4 Å². The number of hydrogen-bond acceptors (Lipinski definition) is 3. The van der Waals surface area contributed by atoms with Crippen LogP contribution in [-0.4, -0.2) is 19.0 Å². The summed E-state index contributed by atoms with van der Waals surface area (Å²) in [5.74, 6) is -0.668. The molecule has 0 saturated carbocycles. The maximum atomic E-state index is 12.1. The zero-order valence-corrected chi connectivity index (χ0v) is 12.9. The van der Waals surface area contributed by atoms with E-state index in [4.69, 9.17) is 16.3 Å². The van der Waals surface area contributed by atoms with Crippen molar-refractivity contribution in [3.63, 3.8) is 0 Å². The second-order valence-corrected chi connectivity index (χ2v) is 5.08. The summed E-state index contributed by atoms with van der Waals surface area (Å²) in [6.45, 7) is 0. The van der Waals surface area contributed by atoms with E-state index in [1.165, 1.54) is 7.11 Å². The fraction of sp³-hybridized carbons (Fsp3) is 0.176. The van der Waals surface area contributed by atoms with Crippen molar-refractivity contribution in [3.05, 3.63) is 64.7 Å². The molecule has 1 N–H and O–H groups in total. The zero-order valence-electron chi connectivity index (χ0n) is 12.1. The minimum Gasteiger partial charge on any atom is -0.465 e. The molecule has 0 atom stereocenters. The Balaban J connectivity index is 2.01. The quantitative estimate of drug-likeness (QED) is 0.855. The van der Waals surface area contributed by atoms with Gasteiger partial charge in [0, 0.05) is 11.4 Å². The highest BCUT2D eigenvalue weighted by Gasteiger charge is 2.13. The molecule has 4 nitrogen and oxygen atoms in total. The van der Waals surface area contributed by atoms with Crippen molar-refractivity contribution in [3.8, 4) is 0 Å². The van der Waals surface area contributed by atoms with E-state index in [2.05, 4.69) is 5.32 Å². The van der Waals surface area contributed by atoms with Gasteiger partial charge in [0.15, 0.2) is 0 Å². The Morgan fingerprint density at radius 3 is 2.50 bits per heavy atom. The molecule has 0 bridgehead atoms. The predicted molar refractivity (Wildman–Crippen MR) is 86.2 cm³/mol. The van der Waals surface area contributed by atoms with E-state index in [9.17, 15) is 9.59 Å². The largest absolute Gasteiger partial charge is 0.465 e. The lowest BCUT2D eigenvalue weighted by Gasteiger charge is -2.10. The van der Waals surface area contributed by atoms with Crippen LogP contribution < -0.4 is 5.32 Å². The Morgan fingerprint density at radius 1 is 1.09 bits per heavy atom. The second kappa shape index (κ2) is 7.61. The lowest BCUT2D eigenvalue weighted by Crippen LogP contribution is -2.15. The summed E-state index contributed by atoms with van der Waals surface area (Å²) in [5, 5.41) is 3.38. The standard InChI is InChI=1S/C17H16ClNO3/c1-22-17(21)13-7-3-5-9-15(13)19-16(20)11-10-12-6-2-4-8-14(12)18/h2-9H,10-11H2,1H3,(H,19,20). The molecular weight excluding hydrogens is 302 g/mol. The molecular formula is C17H16ClNO3. The van der Waals surface area contributed by atoms with Gasteiger partial charge in [-0.2, -0.15) is 0 Å². The summed E-state index contributed by atoms with van der Waals surface area (Å²) in [4.78, 5) is 23.7. The van der Waals surface area contributed by atoms with Gasteiger partial charge in [0.05, 0.1) is 18.4 Å². The summed E-state index contributed by atoms with van der Waals surface area (Å²) < 4.78 is 4.70. The van der Waals surface area contributed by atoms with Crippen LogP contribution in [0.25, 0.3) is 0 Å². The topological polar surface area (TPSA) is 55.4 Å². The number of hydrogen-bond donors (Lipinski definition) is 1. The third-order valence-corrected chi connectivity index (χ3v) is 3.55. The molecule has 0 radical (unpaired) electrons. The maximum Gasteiger partial charge on any atom is 0.339 e. The van der Waals surface area contributed by atoms with Crippen molar-refractivity contribution in [2.45, 2.75) is 12.8 Å². The van der Waals surface area contributed by atoms with Crippen molar-refractivity contribution >= 4 is 29.2 Å². The highest BCUT2D eigenvalue weighted by Crippen LogP contribution is 2.19. The van der Waals surface area contributed by atoms with Crippen LogP contribution in [-0.2, 0) is 16.0 Å². The molecule has 0 saturated heterocycles. The predicted octanol–water partition coefficient (Wildman–Crippen LogP) is 3.70. The normalized spacial score (nSPS) is 10.1. The molecule has 0 aliphatic carbocycles.